The van der Waals surface area contributed by atoms with Crippen molar-refractivity contribution in [3.63, 3.8) is 0 Å². The van der Waals surface area contributed by atoms with Gasteiger partial charge in [0.25, 0.3) is 0 Å². The number of rotatable bonds is 7. The average Bonchev–Trinajstić information content (AvgIpc) is 3.37. The summed E-state index contributed by atoms with van der Waals surface area (Å²) >= 11 is 0. The van der Waals surface area contributed by atoms with E-state index in [4.69, 9.17) is 0 Å². The molecule has 0 spiro atoms. The Morgan fingerprint density at radius 3 is 2.60 bits per heavy atom. The molecule has 0 bridgehead atoms. The lowest BCUT2D eigenvalue weighted by atomic mass is 10.0. The molecular formula is C18H27N3O3S. The van der Waals surface area contributed by atoms with Crippen LogP contribution in [0, 0.1) is 5.92 Å². The SMILES string of the molecule is CS(=O)(=O)NC1CCCN(CC(=O)NC(c2ccccc2)C2CC2)C1. The normalized spacial score (nSPS) is 23.2. The number of benzene rings is 1. The first-order valence-electron chi connectivity index (χ1n) is 8.95. The van der Waals surface area contributed by atoms with Crippen LogP contribution in [0.5, 0.6) is 0 Å². The number of likely N-dealkylation sites (tertiary alicyclic amines) is 1. The predicted molar refractivity (Wildman–Crippen MR) is 97.5 cm³/mol. The fourth-order valence-corrected chi connectivity index (χ4v) is 4.38. The highest BCUT2D eigenvalue weighted by molar-refractivity contribution is 7.88. The number of hydrogen-bond donors (Lipinski definition) is 2. The van der Waals surface area contributed by atoms with Crippen molar-refractivity contribution in [1.82, 2.24) is 14.9 Å². The Labute approximate surface area is 150 Å². The van der Waals surface area contributed by atoms with Gasteiger partial charge in [0.1, 0.15) is 0 Å². The largest absolute Gasteiger partial charge is 0.348 e. The molecule has 7 heteroatoms. The van der Waals surface area contributed by atoms with Crippen LogP contribution in [0.15, 0.2) is 30.3 Å². The molecule has 3 rings (SSSR count). The Morgan fingerprint density at radius 1 is 1.24 bits per heavy atom. The van der Waals surface area contributed by atoms with Crippen molar-refractivity contribution in [2.75, 3.05) is 25.9 Å². The molecule has 1 aromatic carbocycles. The average molecular weight is 365 g/mol. The van der Waals surface area contributed by atoms with E-state index in [-0.39, 0.29) is 18.0 Å². The zero-order chi connectivity index (χ0) is 17.9. The van der Waals surface area contributed by atoms with Crippen LogP contribution < -0.4 is 10.0 Å². The fraction of sp³-hybridized carbons (Fsp3) is 0.611. The van der Waals surface area contributed by atoms with Crippen LogP contribution in [0.2, 0.25) is 0 Å². The molecule has 2 N–H and O–H groups in total. The van der Waals surface area contributed by atoms with Crippen molar-refractivity contribution >= 4 is 15.9 Å². The smallest absolute Gasteiger partial charge is 0.234 e. The molecule has 138 valence electrons. The Morgan fingerprint density at radius 2 is 1.96 bits per heavy atom. The topological polar surface area (TPSA) is 78.5 Å². The molecule has 6 nitrogen and oxygen atoms in total. The Hall–Kier alpha value is -1.44. The van der Waals surface area contributed by atoms with Gasteiger partial charge >= 0.3 is 0 Å². The molecule has 1 aliphatic heterocycles. The monoisotopic (exact) mass is 365 g/mol. The van der Waals surface area contributed by atoms with E-state index in [1.807, 2.05) is 23.1 Å². The van der Waals surface area contributed by atoms with Gasteiger partial charge < -0.3 is 5.32 Å². The van der Waals surface area contributed by atoms with Gasteiger partial charge in [-0.25, -0.2) is 13.1 Å². The zero-order valence-corrected chi connectivity index (χ0v) is 15.5. The number of carbonyl (C=O) groups is 1. The third-order valence-electron chi connectivity index (χ3n) is 4.82. The van der Waals surface area contributed by atoms with Crippen molar-refractivity contribution in [2.24, 2.45) is 5.92 Å². The van der Waals surface area contributed by atoms with Gasteiger partial charge in [-0.2, -0.15) is 0 Å². The number of nitrogens with one attached hydrogen (secondary N) is 2. The molecule has 1 saturated carbocycles. The van der Waals surface area contributed by atoms with Gasteiger partial charge in [-0.15, -0.1) is 0 Å². The number of nitrogens with zero attached hydrogens (tertiary/aromatic N) is 1. The van der Waals surface area contributed by atoms with Crippen LogP contribution in [0.3, 0.4) is 0 Å². The maximum atomic E-state index is 12.5. The van der Waals surface area contributed by atoms with Gasteiger partial charge in [0.2, 0.25) is 15.9 Å². The van der Waals surface area contributed by atoms with E-state index in [0.29, 0.717) is 19.0 Å². The summed E-state index contributed by atoms with van der Waals surface area (Å²) in [5.41, 5.74) is 1.16. The number of carbonyl (C=O) groups excluding carboxylic acids is 1. The van der Waals surface area contributed by atoms with Crippen LogP contribution in [0.4, 0.5) is 0 Å². The van der Waals surface area contributed by atoms with E-state index >= 15 is 0 Å². The van der Waals surface area contributed by atoms with Crippen LogP contribution in [0.25, 0.3) is 0 Å². The molecule has 0 aromatic heterocycles. The molecule has 25 heavy (non-hydrogen) atoms. The van der Waals surface area contributed by atoms with Crippen LogP contribution >= 0.6 is 0 Å². The summed E-state index contributed by atoms with van der Waals surface area (Å²) < 4.78 is 25.5. The summed E-state index contributed by atoms with van der Waals surface area (Å²) in [5.74, 6) is 0.549. The van der Waals surface area contributed by atoms with E-state index < -0.39 is 10.0 Å². The van der Waals surface area contributed by atoms with E-state index in [1.54, 1.807) is 0 Å². The van der Waals surface area contributed by atoms with Gasteiger partial charge in [0.05, 0.1) is 18.8 Å². The second-order valence-corrected chi connectivity index (χ2v) is 9.04. The molecule has 2 unspecified atom stereocenters. The number of piperidine rings is 1. The molecule has 1 aromatic rings. The molecule has 0 radical (unpaired) electrons. The fourth-order valence-electron chi connectivity index (χ4n) is 3.58. The molecule has 1 aliphatic carbocycles. The van der Waals surface area contributed by atoms with Crippen LogP contribution in [-0.2, 0) is 14.8 Å². The minimum Gasteiger partial charge on any atom is -0.348 e. The van der Waals surface area contributed by atoms with Crippen LogP contribution in [-0.4, -0.2) is 51.2 Å². The van der Waals surface area contributed by atoms with Crippen molar-refractivity contribution < 1.29 is 13.2 Å². The number of sulfonamides is 1. The van der Waals surface area contributed by atoms with Crippen LogP contribution in [0.1, 0.15) is 37.3 Å². The first-order valence-corrected chi connectivity index (χ1v) is 10.8. The maximum absolute atomic E-state index is 12.5. The third kappa shape index (κ3) is 5.80. The lowest BCUT2D eigenvalue weighted by Crippen LogP contribution is -2.50. The van der Waals surface area contributed by atoms with Crippen molar-refractivity contribution in [3.05, 3.63) is 35.9 Å². The molecular weight excluding hydrogens is 338 g/mol. The van der Waals surface area contributed by atoms with Crippen molar-refractivity contribution in [2.45, 2.75) is 37.8 Å². The standard InChI is InChI=1S/C18H27N3O3S/c1-25(23,24)20-16-8-5-11-21(12-16)13-17(22)19-18(15-9-10-15)14-6-3-2-4-7-14/h2-4,6-7,15-16,18,20H,5,8-13H2,1H3,(H,19,22). The molecule has 1 heterocycles. The van der Waals surface area contributed by atoms with E-state index in [0.717, 1.165) is 37.8 Å². The summed E-state index contributed by atoms with van der Waals surface area (Å²) in [6.07, 6.45) is 5.21. The highest BCUT2D eigenvalue weighted by Crippen LogP contribution is 2.40. The molecule has 1 amide bonds. The van der Waals surface area contributed by atoms with Crippen molar-refractivity contribution in [3.8, 4) is 0 Å². The summed E-state index contributed by atoms with van der Waals surface area (Å²) in [7, 11) is -3.21. The molecule has 2 aliphatic rings. The van der Waals surface area contributed by atoms with Crippen molar-refractivity contribution in [1.29, 1.82) is 0 Å². The Balaban J connectivity index is 1.54. The zero-order valence-electron chi connectivity index (χ0n) is 14.6. The third-order valence-corrected chi connectivity index (χ3v) is 5.58. The maximum Gasteiger partial charge on any atom is 0.234 e. The lowest BCUT2D eigenvalue weighted by Gasteiger charge is -2.32. The highest BCUT2D eigenvalue weighted by atomic mass is 32.2. The van der Waals surface area contributed by atoms with Gasteiger partial charge in [-0.3, -0.25) is 9.69 Å². The van der Waals surface area contributed by atoms with Gasteiger partial charge in [0.15, 0.2) is 0 Å². The Bertz CT molecular complexity index is 689. The van der Waals surface area contributed by atoms with E-state index in [9.17, 15) is 13.2 Å². The van der Waals surface area contributed by atoms with Gasteiger partial charge in [0, 0.05) is 12.6 Å². The summed E-state index contributed by atoms with van der Waals surface area (Å²) in [6.45, 7) is 1.73. The quantitative estimate of drug-likeness (QED) is 0.763. The minimum atomic E-state index is -3.21. The number of amides is 1. The van der Waals surface area contributed by atoms with E-state index in [2.05, 4.69) is 22.2 Å². The molecule has 2 atom stereocenters. The number of hydrogen-bond acceptors (Lipinski definition) is 4. The first kappa shape index (κ1) is 18.4. The Kier molecular flexibility index (Phi) is 5.76. The highest BCUT2D eigenvalue weighted by Gasteiger charge is 2.33. The second-order valence-electron chi connectivity index (χ2n) is 7.26. The van der Waals surface area contributed by atoms with E-state index in [1.165, 1.54) is 6.26 Å². The summed E-state index contributed by atoms with van der Waals surface area (Å²) in [4.78, 5) is 14.6. The summed E-state index contributed by atoms with van der Waals surface area (Å²) in [6, 6.07) is 10.1. The lowest BCUT2D eigenvalue weighted by molar-refractivity contribution is -0.123. The molecule has 2 fully saturated rings. The minimum absolute atomic E-state index is 0.0146. The second kappa shape index (κ2) is 7.85. The predicted octanol–water partition coefficient (Wildman–Crippen LogP) is 1.27. The van der Waals surface area contributed by atoms with Gasteiger partial charge in [-0.05, 0) is 43.7 Å². The summed E-state index contributed by atoms with van der Waals surface area (Å²) in [5, 5.41) is 3.19. The first-order chi connectivity index (χ1) is 11.9. The van der Waals surface area contributed by atoms with Gasteiger partial charge in [-0.1, -0.05) is 30.3 Å². The molecule has 1 saturated heterocycles.